The quantitative estimate of drug-likeness (QED) is 0.890. The second-order valence-corrected chi connectivity index (χ2v) is 7.08. The van der Waals surface area contributed by atoms with Gasteiger partial charge in [0.05, 0.1) is 23.4 Å². The Labute approximate surface area is 139 Å². The van der Waals surface area contributed by atoms with E-state index >= 15 is 0 Å². The molecule has 0 bridgehead atoms. The molecule has 0 fully saturated rings. The molecule has 0 radical (unpaired) electrons. The van der Waals surface area contributed by atoms with Gasteiger partial charge in [-0.1, -0.05) is 11.6 Å². The number of sulfonamides is 1. The number of halogens is 2. The average molecular weight is 359 g/mol. The predicted molar refractivity (Wildman–Crippen MR) is 89.5 cm³/mol. The molecule has 0 aromatic heterocycles. The Bertz CT molecular complexity index is 825. The number of hydrogen-bond acceptors (Lipinski definition) is 4. The fourth-order valence-corrected chi connectivity index (χ4v) is 3.25. The number of benzene rings is 2. The smallest absolute Gasteiger partial charge is 0.262 e. The maximum absolute atomic E-state index is 13.7. The standard InChI is InChI=1S/C15H16ClFN2O3S/c1-19(2)14-6-4-10(16)8-13(14)18-23(20,21)11-5-7-15(22-3)12(17)9-11/h4-9,18H,1-3H3. The van der Waals surface area contributed by atoms with E-state index in [1.165, 1.54) is 25.3 Å². The summed E-state index contributed by atoms with van der Waals surface area (Å²) in [5.41, 5.74) is 0.936. The summed E-state index contributed by atoms with van der Waals surface area (Å²) in [6.07, 6.45) is 0. The molecular weight excluding hydrogens is 343 g/mol. The number of nitrogens with one attached hydrogen (secondary N) is 1. The zero-order valence-electron chi connectivity index (χ0n) is 12.8. The molecule has 0 aliphatic carbocycles. The van der Waals surface area contributed by atoms with E-state index in [1.54, 1.807) is 31.1 Å². The molecule has 0 saturated carbocycles. The lowest BCUT2D eigenvalue weighted by Gasteiger charge is -2.19. The Kier molecular flexibility index (Phi) is 5.01. The molecule has 124 valence electrons. The van der Waals surface area contributed by atoms with Crippen molar-refractivity contribution in [1.29, 1.82) is 0 Å². The SMILES string of the molecule is COc1ccc(S(=O)(=O)Nc2cc(Cl)ccc2N(C)C)cc1F. The van der Waals surface area contributed by atoms with Crippen molar-refractivity contribution in [3.05, 3.63) is 47.2 Å². The van der Waals surface area contributed by atoms with Gasteiger partial charge in [-0.3, -0.25) is 4.72 Å². The summed E-state index contributed by atoms with van der Waals surface area (Å²) in [5, 5.41) is 0.384. The molecule has 2 aromatic carbocycles. The van der Waals surface area contributed by atoms with Crippen molar-refractivity contribution in [2.45, 2.75) is 4.90 Å². The highest BCUT2D eigenvalue weighted by Gasteiger charge is 2.19. The normalized spacial score (nSPS) is 11.2. The number of ether oxygens (including phenoxy) is 1. The Hall–Kier alpha value is -1.99. The lowest BCUT2D eigenvalue weighted by Crippen LogP contribution is -2.17. The van der Waals surface area contributed by atoms with Crippen LogP contribution in [0.2, 0.25) is 5.02 Å². The van der Waals surface area contributed by atoms with Crippen LogP contribution in [0.1, 0.15) is 0 Å². The van der Waals surface area contributed by atoms with E-state index in [-0.39, 0.29) is 10.6 Å². The van der Waals surface area contributed by atoms with Crippen LogP contribution in [0.15, 0.2) is 41.3 Å². The van der Waals surface area contributed by atoms with Gasteiger partial charge >= 0.3 is 0 Å². The molecule has 1 N–H and O–H groups in total. The maximum atomic E-state index is 13.7. The van der Waals surface area contributed by atoms with Crippen LogP contribution in [0.3, 0.4) is 0 Å². The third-order valence-corrected chi connectivity index (χ3v) is 4.72. The summed E-state index contributed by atoms with van der Waals surface area (Å²) in [7, 11) is 0.885. The number of anilines is 2. The van der Waals surface area contributed by atoms with E-state index in [0.29, 0.717) is 16.4 Å². The van der Waals surface area contributed by atoms with Gasteiger partial charge in [0.2, 0.25) is 0 Å². The van der Waals surface area contributed by atoms with Crippen molar-refractivity contribution in [2.24, 2.45) is 0 Å². The highest BCUT2D eigenvalue weighted by Crippen LogP contribution is 2.30. The molecule has 8 heteroatoms. The first-order valence-electron chi connectivity index (χ1n) is 6.58. The molecule has 0 unspecified atom stereocenters. The summed E-state index contributed by atoms with van der Waals surface area (Å²) < 4.78 is 45.9. The van der Waals surface area contributed by atoms with E-state index < -0.39 is 15.8 Å². The number of nitrogens with zero attached hydrogens (tertiary/aromatic N) is 1. The number of hydrogen-bond donors (Lipinski definition) is 1. The highest BCUT2D eigenvalue weighted by molar-refractivity contribution is 7.92. The third-order valence-electron chi connectivity index (χ3n) is 3.12. The van der Waals surface area contributed by atoms with Crippen LogP contribution in [0.25, 0.3) is 0 Å². The Morgan fingerprint density at radius 3 is 2.43 bits per heavy atom. The monoisotopic (exact) mass is 358 g/mol. The first-order chi connectivity index (χ1) is 10.7. The minimum Gasteiger partial charge on any atom is -0.494 e. The number of methoxy groups -OCH3 is 1. The molecule has 0 aliphatic heterocycles. The van der Waals surface area contributed by atoms with E-state index in [1.807, 2.05) is 0 Å². The molecule has 2 rings (SSSR count). The Balaban J connectivity index is 2.43. The van der Waals surface area contributed by atoms with Gasteiger partial charge < -0.3 is 9.64 Å². The van der Waals surface area contributed by atoms with Gasteiger partial charge in [0.25, 0.3) is 10.0 Å². The van der Waals surface area contributed by atoms with Crippen LogP contribution in [-0.2, 0) is 10.0 Å². The van der Waals surface area contributed by atoms with Gasteiger partial charge in [-0.15, -0.1) is 0 Å². The molecule has 0 aliphatic rings. The van der Waals surface area contributed by atoms with Crippen LogP contribution in [0.5, 0.6) is 5.75 Å². The fourth-order valence-electron chi connectivity index (χ4n) is 2.00. The van der Waals surface area contributed by atoms with Crippen molar-refractivity contribution in [2.75, 3.05) is 30.8 Å². The summed E-state index contributed by atoms with van der Waals surface area (Å²) in [6.45, 7) is 0. The van der Waals surface area contributed by atoms with Gasteiger partial charge in [0.1, 0.15) is 0 Å². The van der Waals surface area contributed by atoms with E-state index in [0.717, 1.165) is 6.07 Å². The van der Waals surface area contributed by atoms with E-state index in [4.69, 9.17) is 16.3 Å². The molecule has 2 aromatic rings. The van der Waals surface area contributed by atoms with Crippen molar-refractivity contribution in [3.8, 4) is 5.75 Å². The highest BCUT2D eigenvalue weighted by atomic mass is 35.5. The molecule has 5 nitrogen and oxygen atoms in total. The number of rotatable bonds is 5. The molecule has 0 amide bonds. The third kappa shape index (κ3) is 3.86. The van der Waals surface area contributed by atoms with Crippen LogP contribution in [0, 0.1) is 5.82 Å². The van der Waals surface area contributed by atoms with Crippen LogP contribution >= 0.6 is 11.6 Å². The molecule has 0 spiro atoms. The molecule has 0 saturated heterocycles. The lowest BCUT2D eigenvalue weighted by atomic mass is 10.2. The molecular formula is C15H16ClFN2O3S. The van der Waals surface area contributed by atoms with Crippen LogP contribution in [-0.4, -0.2) is 29.6 Å². The average Bonchev–Trinajstić information content (AvgIpc) is 2.46. The molecule has 23 heavy (non-hydrogen) atoms. The van der Waals surface area contributed by atoms with E-state index in [2.05, 4.69) is 4.72 Å². The lowest BCUT2D eigenvalue weighted by molar-refractivity contribution is 0.385. The van der Waals surface area contributed by atoms with E-state index in [9.17, 15) is 12.8 Å². The zero-order valence-corrected chi connectivity index (χ0v) is 14.4. The first-order valence-corrected chi connectivity index (χ1v) is 8.44. The summed E-state index contributed by atoms with van der Waals surface area (Å²) in [5.74, 6) is -0.782. The van der Waals surface area contributed by atoms with Crippen LogP contribution in [0.4, 0.5) is 15.8 Å². The molecule has 0 atom stereocenters. The first kappa shape index (κ1) is 17.4. The Morgan fingerprint density at radius 2 is 1.87 bits per heavy atom. The van der Waals surface area contributed by atoms with Crippen LogP contribution < -0.4 is 14.4 Å². The second kappa shape index (κ2) is 6.64. The summed E-state index contributed by atoms with van der Waals surface area (Å²) in [4.78, 5) is 1.53. The van der Waals surface area contributed by atoms with Crippen molar-refractivity contribution >= 4 is 33.0 Å². The van der Waals surface area contributed by atoms with Crippen molar-refractivity contribution < 1.29 is 17.5 Å². The minimum atomic E-state index is -3.96. The van der Waals surface area contributed by atoms with Crippen molar-refractivity contribution in [1.82, 2.24) is 0 Å². The molecule has 0 heterocycles. The van der Waals surface area contributed by atoms with Gasteiger partial charge in [0.15, 0.2) is 11.6 Å². The fraction of sp³-hybridized carbons (Fsp3) is 0.200. The topological polar surface area (TPSA) is 58.6 Å². The van der Waals surface area contributed by atoms with Gasteiger partial charge in [-0.25, -0.2) is 12.8 Å². The predicted octanol–water partition coefficient (Wildman–Crippen LogP) is 3.35. The van der Waals surface area contributed by atoms with Gasteiger partial charge in [-0.05, 0) is 36.4 Å². The zero-order chi connectivity index (χ0) is 17.2. The van der Waals surface area contributed by atoms with Gasteiger partial charge in [0, 0.05) is 19.1 Å². The maximum Gasteiger partial charge on any atom is 0.262 e. The second-order valence-electron chi connectivity index (χ2n) is 4.96. The largest absolute Gasteiger partial charge is 0.494 e. The van der Waals surface area contributed by atoms with Crippen molar-refractivity contribution in [3.63, 3.8) is 0 Å². The van der Waals surface area contributed by atoms with Gasteiger partial charge in [-0.2, -0.15) is 0 Å². The minimum absolute atomic E-state index is 0.0271. The Morgan fingerprint density at radius 1 is 1.17 bits per heavy atom. The summed E-state index contributed by atoms with van der Waals surface area (Å²) >= 11 is 5.93. The summed E-state index contributed by atoms with van der Waals surface area (Å²) in [6, 6.07) is 8.27.